The lowest BCUT2D eigenvalue weighted by Crippen LogP contribution is -2.24. The van der Waals surface area contributed by atoms with Gasteiger partial charge >= 0.3 is 11.9 Å². The molecule has 126 valence electrons. The second-order valence-electron chi connectivity index (χ2n) is 5.39. The van der Waals surface area contributed by atoms with E-state index in [0.29, 0.717) is 6.42 Å². The van der Waals surface area contributed by atoms with Crippen molar-refractivity contribution in [1.82, 2.24) is 0 Å². The zero-order chi connectivity index (χ0) is 17.4. The molecule has 0 aromatic heterocycles. The van der Waals surface area contributed by atoms with Gasteiger partial charge in [-0.2, -0.15) is 0 Å². The van der Waals surface area contributed by atoms with Gasteiger partial charge in [-0.05, 0) is 48.9 Å². The lowest BCUT2D eigenvalue weighted by Gasteiger charge is -2.10. The molecule has 0 heterocycles. The molecule has 0 saturated heterocycles. The molecule has 0 amide bonds. The molecular formula is C18H24O5. The van der Waals surface area contributed by atoms with Crippen molar-refractivity contribution in [3.63, 3.8) is 0 Å². The van der Waals surface area contributed by atoms with E-state index in [1.54, 1.807) is 13.0 Å². The molecule has 1 aromatic carbocycles. The average molecular weight is 320 g/mol. The first kappa shape index (κ1) is 18.9. The van der Waals surface area contributed by atoms with Crippen molar-refractivity contribution in [1.29, 1.82) is 0 Å². The third-order valence-electron chi connectivity index (χ3n) is 3.55. The monoisotopic (exact) mass is 320 g/mol. The van der Waals surface area contributed by atoms with Crippen LogP contribution in [0, 0.1) is 0 Å². The van der Waals surface area contributed by atoms with Crippen molar-refractivity contribution in [3.05, 3.63) is 39.5 Å². The lowest BCUT2D eigenvalue weighted by molar-refractivity contribution is -0.161. The van der Waals surface area contributed by atoms with Crippen molar-refractivity contribution in [2.24, 2.45) is 0 Å². The predicted molar refractivity (Wildman–Crippen MR) is 87.7 cm³/mol. The van der Waals surface area contributed by atoms with E-state index in [4.69, 9.17) is 4.74 Å². The van der Waals surface area contributed by atoms with Gasteiger partial charge in [-0.25, -0.2) is 9.59 Å². The van der Waals surface area contributed by atoms with Crippen LogP contribution in [0.25, 0.3) is 0 Å². The number of esters is 2. The highest BCUT2D eigenvalue weighted by atomic mass is 16.6. The number of aryl methyl sites for hydroxylation is 1. The second kappa shape index (κ2) is 9.08. The van der Waals surface area contributed by atoms with E-state index in [1.807, 2.05) is 13.0 Å². The maximum absolute atomic E-state index is 12.2. The van der Waals surface area contributed by atoms with Crippen LogP contribution in [-0.4, -0.2) is 18.5 Å². The normalized spacial score (nSPS) is 11.7. The molecule has 0 fully saturated rings. The zero-order valence-electron chi connectivity index (χ0n) is 14.2. The highest BCUT2D eigenvalue weighted by molar-refractivity contribution is 6.30. The van der Waals surface area contributed by atoms with Crippen LogP contribution in [-0.2, 0) is 20.7 Å². The maximum Gasteiger partial charge on any atom is 0.422 e. The van der Waals surface area contributed by atoms with E-state index in [2.05, 4.69) is 18.6 Å². The van der Waals surface area contributed by atoms with Gasteiger partial charge in [0.05, 0.1) is 6.61 Å². The fourth-order valence-corrected chi connectivity index (χ4v) is 2.26. The Balaban J connectivity index is 3.23. The highest BCUT2D eigenvalue weighted by Gasteiger charge is 2.19. The standard InChI is InChI=1S/C18H24O5/c1-5-8-12(4)14-9-13(6-2)10-15(19)16(11-14)23-18(21)17(20)22-7-3/h9-12H,5-8H2,1-4H3. The van der Waals surface area contributed by atoms with Crippen molar-refractivity contribution < 1.29 is 19.1 Å². The lowest BCUT2D eigenvalue weighted by atomic mass is 9.97. The second-order valence-corrected chi connectivity index (χ2v) is 5.39. The van der Waals surface area contributed by atoms with Gasteiger partial charge in [0.25, 0.3) is 0 Å². The molecule has 0 aliphatic heterocycles. The summed E-state index contributed by atoms with van der Waals surface area (Å²) in [5.74, 6) is -2.20. The Kier molecular flexibility index (Phi) is 7.45. The number of carbonyl (C=O) groups is 2. The van der Waals surface area contributed by atoms with Gasteiger partial charge in [0, 0.05) is 0 Å². The van der Waals surface area contributed by atoms with Crippen molar-refractivity contribution in [3.8, 4) is 5.75 Å². The smallest absolute Gasteiger partial charge is 0.422 e. The number of carbonyl (C=O) groups excluding carboxylic acids is 2. The Morgan fingerprint density at radius 1 is 1.09 bits per heavy atom. The van der Waals surface area contributed by atoms with Gasteiger partial charge in [0.15, 0.2) is 5.75 Å². The largest absolute Gasteiger partial charge is 0.458 e. The minimum atomic E-state index is -1.18. The van der Waals surface area contributed by atoms with Gasteiger partial charge < -0.3 is 9.47 Å². The summed E-state index contributed by atoms with van der Waals surface area (Å²) in [6.45, 7) is 7.75. The first-order chi connectivity index (χ1) is 10.9. The Morgan fingerprint density at radius 2 is 1.78 bits per heavy atom. The summed E-state index contributed by atoms with van der Waals surface area (Å²) in [6, 6.07) is 4.94. The van der Waals surface area contributed by atoms with E-state index >= 15 is 0 Å². The van der Waals surface area contributed by atoms with Crippen LogP contribution in [0.1, 0.15) is 57.6 Å². The average Bonchev–Trinajstić information content (AvgIpc) is 2.67. The first-order valence-electron chi connectivity index (χ1n) is 7.99. The van der Waals surface area contributed by atoms with Crippen LogP contribution in [0.15, 0.2) is 23.0 Å². The van der Waals surface area contributed by atoms with Crippen molar-refractivity contribution in [2.45, 2.75) is 52.9 Å². The van der Waals surface area contributed by atoms with Crippen LogP contribution < -0.4 is 10.2 Å². The van der Waals surface area contributed by atoms with Crippen LogP contribution in [0.3, 0.4) is 0 Å². The predicted octanol–water partition coefficient (Wildman–Crippen LogP) is 2.98. The summed E-state index contributed by atoms with van der Waals surface area (Å²) in [4.78, 5) is 35.3. The number of ether oxygens (including phenoxy) is 2. The molecule has 0 N–H and O–H groups in total. The first-order valence-corrected chi connectivity index (χ1v) is 7.99. The molecule has 23 heavy (non-hydrogen) atoms. The van der Waals surface area contributed by atoms with Gasteiger partial charge in [-0.15, -0.1) is 0 Å². The molecule has 5 heteroatoms. The topological polar surface area (TPSA) is 69.7 Å². The molecular weight excluding hydrogens is 296 g/mol. The van der Waals surface area contributed by atoms with Gasteiger partial charge in [-0.1, -0.05) is 33.3 Å². The molecule has 1 atom stereocenters. The Hall–Kier alpha value is -2.17. The summed E-state index contributed by atoms with van der Waals surface area (Å²) < 4.78 is 9.55. The molecule has 1 rings (SSSR count). The van der Waals surface area contributed by atoms with Crippen LogP contribution in [0.4, 0.5) is 0 Å². The van der Waals surface area contributed by atoms with Crippen LogP contribution in [0.5, 0.6) is 5.75 Å². The fourth-order valence-electron chi connectivity index (χ4n) is 2.26. The minimum absolute atomic E-state index is 0.0689. The molecule has 1 unspecified atom stereocenters. The Bertz CT molecular complexity index is 621. The summed E-state index contributed by atoms with van der Waals surface area (Å²) in [6.07, 6.45) is 2.65. The van der Waals surface area contributed by atoms with Crippen molar-refractivity contribution >= 4 is 11.9 Å². The van der Waals surface area contributed by atoms with E-state index < -0.39 is 17.4 Å². The van der Waals surface area contributed by atoms with E-state index in [-0.39, 0.29) is 18.3 Å². The maximum atomic E-state index is 12.2. The summed E-state index contributed by atoms with van der Waals surface area (Å²) in [7, 11) is 0. The van der Waals surface area contributed by atoms with Crippen LogP contribution >= 0.6 is 0 Å². The molecule has 1 aromatic rings. The zero-order valence-corrected chi connectivity index (χ0v) is 14.2. The summed E-state index contributed by atoms with van der Waals surface area (Å²) in [5.41, 5.74) is 1.36. The molecule has 5 nitrogen and oxygen atoms in total. The number of rotatable bonds is 6. The molecule has 0 spiro atoms. The number of hydrogen-bond donors (Lipinski definition) is 0. The SMILES string of the molecule is CCCC(C)c1cc(CC)cc(=O)c(OC(=O)C(=O)OCC)c1. The third-order valence-corrected chi connectivity index (χ3v) is 3.55. The van der Waals surface area contributed by atoms with Gasteiger partial charge in [0.1, 0.15) is 0 Å². The van der Waals surface area contributed by atoms with Gasteiger partial charge in [0.2, 0.25) is 5.43 Å². The van der Waals surface area contributed by atoms with Crippen molar-refractivity contribution in [2.75, 3.05) is 6.61 Å². The quantitative estimate of drug-likeness (QED) is 0.595. The molecule has 0 radical (unpaired) electrons. The van der Waals surface area contributed by atoms with E-state index in [0.717, 1.165) is 24.0 Å². The van der Waals surface area contributed by atoms with E-state index in [1.165, 1.54) is 6.07 Å². The highest BCUT2D eigenvalue weighted by Crippen LogP contribution is 2.23. The fraction of sp³-hybridized carbons (Fsp3) is 0.500. The molecule has 0 aliphatic rings. The molecule has 0 aliphatic carbocycles. The summed E-state index contributed by atoms with van der Waals surface area (Å²) in [5, 5.41) is 0. The third kappa shape index (κ3) is 5.51. The molecule has 0 saturated carbocycles. The van der Waals surface area contributed by atoms with Crippen LogP contribution in [0.2, 0.25) is 0 Å². The van der Waals surface area contributed by atoms with Gasteiger partial charge in [-0.3, -0.25) is 4.79 Å². The van der Waals surface area contributed by atoms with E-state index in [9.17, 15) is 14.4 Å². The summed E-state index contributed by atoms with van der Waals surface area (Å²) >= 11 is 0. The Morgan fingerprint density at radius 3 is 2.35 bits per heavy atom. The molecule has 0 bridgehead atoms. The Labute approximate surface area is 136 Å². The number of hydrogen-bond acceptors (Lipinski definition) is 5. The minimum Gasteiger partial charge on any atom is -0.458 e.